The van der Waals surface area contributed by atoms with Gasteiger partial charge in [0.1, 0.15) is 5.75 Å². The summed E-state index contributed by atoms with van der Waals surface area (Å²) in [5, 5.41) is 8.63. The van der Waals surface area contributed by atoms with E-state index < -0.39 is 0 Å². The maximum atomic E-state index is 8.63. The lowest BCUT2D eigenvalue weighted by atomic mass is 9.84. The Hall–Kier alpha value is -1.76. The molecule has 1 heteroatoms. The van der Waals surface area contributed by atoms with Crippen molar-refractivity contribution in [3.63, 3.8) is 0 Å². The SMILES string of the molecule is CCCCc1cc(C)cc(C(C)(C)C)c1.Oc1ccccc1. The van der Waals surface area contributed by atoms with E-state index in [0.717, 1.165) is 0 Å². The van der Waals surface area contributed by atoms with Crippen LogP contribution in [0.5, 0.6) is 5.75 Å². The van der Waals surface area contributed by atoms with Gasteiger partial charge in [-0.05, 0) is 48.4 Å². The molecule has 0 aromatic heterocycles. The second kappa shape index (κ2) is 8.63. The van der Waals surface area contributed by atoms with Gasteiger partial charge < -0.3 is 5.11 Å². The third-order valence-electron chi connectivity index (χ3n) is 3.58. The number of hydrogen-bond acceptors (Lipinski definition) is 1. The third-order valence-corrected chi connectivity index (χ3v) is 3.58. The zero-order valence-electron chi connectivity index (χ0n) is 14.7. The molecule has 0 aliphatic heterocycles. The minimum atomic E-state index is 0.271. The van der Waals surface area contributed by atoms with Crippen molar-refractivity contribution in [1.82, 2.24) is 0 Å². The Kier molecular flexibility index (Phi) is 7.17. The molecule has 0 fully saturated rings. The van der Waals surface area contributed by atoms with Gasteiger partial charge in [0.05, 0.1) is 0 Å². The number of aromatic hydroxyl groups is 1. The number of aryl methyl sites for hydroxylation is 2. The van der Waals surface area contributed by atoms with Gasteiger partial charge in [-0.25, -0.2) is 0 Å². The molecule has 1 nitrogen and oxygen atoms in total. The summed E-state index contributed by atoms with van der Waals surface area (Å²) in [6, 6.07) is 15.7. The Balaban J connectivity index is 0.000000287. The van der Waals surface area contributed by atoms with Crippen molar-refractivity contribution in [3.05, 3.63) is 65.2 Å². The first-order chi connectivity index (χ1) is 10.3. The van der Waals surface area contributed by atoms with E-state index in [2.05, 4.69) is 52.8 Å². The number of para-hydroxylation sites is 1. The van der Waals surface area contributed by atoms with Crippen LogP contribution in [0.3, 0.4) is 0 Å². The fraction of sp³-hybridized carbons (Fsp3) is 0.429. The van der Waals surface area contributed by atoms with E-state index in [-0.39, 0.29) is 5.41 Å². The lowest BCUT2D eigenvalue weighted by Crippen LogP contribution is -2.11. The first-order valence-electron chi connectivity index (χ1n) is 8.18. The van der Waals surface area contributed by atoms with Crippen molar-refractivity contribution in [3.8, 4) is 5.75 Å². The van der Waals surface area contributed by atoms with Crippen LogP contribution in [0.25, 0.3) is 0 Å². The number of rotatable bonds is 3. The Morgan fingerprint density at radius 1 is 0.955 bits per heavy atom. The molecular formula is C21H30O. The molecule has 0 unspecified atom stereocenters. The molecule has 22 heavy (non-hydrogen) atoms. The molecule has 120 valence electrons. The fourth-order valence-corrected chi connectivity index (χ4v) is 2.25. The summed E-state index contributed by atoms with van der Waals surface area (Å²) in [6.07, 6.45) is 3.80. The van der Waals surface area contributed by atoms with E-state index in [1.165, 1.54) is 36.0 Å². The number of hydrogen-bond donors (Lipinski definition) is 1. The van der Waals surface area contributed by atoms with Crippen molar-refractivity contribution in [2.24, 2.45) is 0 Å². The lowest BCUT2D eigenvalue weighted by Gasteiger charge is -2.20. The highest BCUT2D eigenvalue weighted by atomic mass is 16.3. The number of phenols is 1. The van der Waals surface area contributed by atoms with Crippen molar-refractivity contribution in [2.45, 2.75) is 59.3 Å². The number of unbranched alkanes of at least 4 members (excludes halogenated alkanes) is 1. The van der Waals surface area contributed by atoms with Crippen LogP contribution in [-0.4, -0.2) is 5.11 Å². The van der Waals surface area contributed by atoms with Crippen LogP contribution in [0.1, 0.15) is 57.2 Å². The van der Waals surface area contributed by atoms with Gasteiger partial charge >= 0.3 is 0 Å². The fourth-order valence-electron chi connectivity index (χ4n) is 2.25. The quantitative estimate of drug-likeness (QED) is 0.733. The normalized spacial score (nSPS) is 10.8. The average molecular weight is 298 g/mol. The zero-order chi connectivity index (χ0) is 16.6. The average Bonchev–Trinajstić information content (AvgIpc) is 2.45. The maximum absolute atomic E-state index is 8.63. The lowest BCUT2D eigenvalue weighted by molar-refractivity contribution is 0.475. The van der Waals surface area contributed by atoms with E-state index in [9.17, 15) is 0 Å². The minimum absolute atomic E-state index is 0.271. The van der Waals surface area contributed by atoms with Gasteiger partial charge in [-0.15, -0.1) is 0 Å². The summed E-state index contributed by atoms with van der Waals surface area (Å²) in [5.74, 6) is 0.322. The topological polar surface area (TPSA) is 20.2 Å². The standard InChI is InChI=1S/C15H24.C6H6O/c1-6-7-8-13-9-12(2)10-14(11-13)15(3,4)5;7-6-4-2-1-3-5-6/h9-11H,6-8H2,1-5H3;1-5,7H. The Labute approximate surface area is 136 Å². The molecule has 0 saturated carbocycles. The Morgan fingerprint density at radius 3 is 2.05 bits per heavy atom. The van der Waals surface area contributed by atoms with Crippen LogP contribution in [0.4, 0.5) is 0 Å². The van der Waals surface area contributed by atoms with Crippen LogP contribution in [0.15, 0.2) is 48.5 Å². The van der Waals surface area contributed by atoms with Gasteiger partial charge in [0.2, 0.25) is 0 Å². The van der Waals surface area contributed by atoms with Crippen LogP contribution in [0, 0.1) is 6.92 Å². The molecule has 0 aliphatic rings. The first kappa shape index (κ1) is 18.3. The summed E-state index contributed by atoms with van der Waals surface area (Å²) in [6.45, 7) is 11.3. The molecule has 0 amide bonds. The molecule has 0 heterocycles. The predicted octanol–water partition coefficient (Wildman–Crippen LogP) is 6.03. The summed E-state index contributed by atoms with van der Waals surface area (Å²) in [4.78, 5) is 0. The van der Waals surface area contributed by atoms with Crippen LogP contribution >= 0.6 is 0 Å². The Morgan fingerprint density at radius 2 is 1.59 bits per heavy atom. The molecule has 2 rings (SSSR count). The van der Waals surface area contributed by atoms with E-state index in [1.54, 1.807) is 24.3 Å². The summed E-state index contributed by atoms with van der Waals surface area (Å²) in [7, 11) is 0. The first-order valence-corrected chi connectivity index (χ1v) is 8.18. The second-order valence-electron chi connectivity index (χ2n) is 6.90. The monoisotopic (exact) mass is 298 g/mol. The van der Waals surface area contributed by atoms with E-state index in [1.807, 2.05) is 6.07 Å². The van der Waals surface area contributed by atoms with Crippen molar-refractivity contribution >= 4 is 0 Å². The second-order valence-corrected chi connectivity index (χ2v) is 6.90. The van der Waals surface area contributed by atoms with Gasteiger partial charge in [-0.2, -0.15) is 0 Å². The van der Waals surface area contributed by atoms with Crippen molar-refractivity contribution < 1.29 is 5.11 Å². The molecule has 1 N–H and O–H groups in total. The van der Waals surface area contributed by atoms with Gasteiger partial charge in [0.15, 0.2) is 0 Å². The van der Waals surface area contributed by atoms with E-state index >= 15 is 0 Å². The molecule has 0 aliphatic carbocycles. The largest absolute Gasteiger partial charge is 0.508 e. The summed E-state index contributed by atoms with van der Waals surface area (Å²) < 4.78 is 0. The zero-order valence-corrected chi connectivity index (χ0v) is 14.7. The Bertz CT molecular complexity index is 550. The number of benzene rings is 2. The summed E-state index contributed by atoms with van der Waals surface area (Å²) >= 11 is 0. The number of phenolic OH excluding ortho intramolecular Hbond substituents is 1. The highest BCUT2D eigenvalue weighted by molar-refractivity contribution is 5.33. The van der Waals surface area contributed by atoms with Crippen LogP contribution < -0.4 is 0 Å². The van der Waals surface area contributed by atoms with Gasteiger partial charge in [-0.3, -0.25) is 0 Å². The van der Waals surface area contributed by atoms with Gasteiger partial charge in [0, 0.05) is 0 Å². The smallest absolute Gasteiger partial charge is 0.115 e. The molecule has 0 atom stereocenters. The minimum Gasteiger partial charge on any atom is -0.508 e. The molecule has 2 aromatic rings. The van der Waals surface area contributed by atoms with Gasteiger partial charge in [0.25, 0.3) is 0 Å². The van der Waals surface area contributed by atoms with Crippen LogP contribution in [0.2, 0.25) is 0 Å². The highest BCUT2D eigenvalue weighted by Crippen LogP contribution is 2.25. The molecule has 0 bridgehead atoms. The van der Waals surface area contributed by atoms with Crippen molar-refractivity contribution in [2.75, 3.05) is 0 Å². The maximum Gasteiger partial charge on any atom is 0.115 e. The molecule has 0 saturated heterocycles. The molecule has 0 radical (unpaired) electrons. The van der Waals surface area contributed by atoms with E-state index in [4.69, 9.17) is 5.11 Å². The molecular weight excluding hydrogens is 268 g/mol. The summed E-state index contributed by atoms with van der Waals surface area (Å²) in [5.41, 5.74) is 4.64. The van der Waals surface area contributed by atoms with Crippen LogP contribution in [-0.2, 0) is 11.8 Å². The van der Waals surface area contributed by atoms with Crippen molar-refractivity contribution in [1.29, 1.82) is 0 Å². The highest BCUT2D eigenvalue weighted by Gasteiger charge is 2.14. The molecule has 2 aromatic carbocycles. The van der Waals surface area contributed by atoms with E-state index in [0.29, 0.717) is 5.75 Å². The van der Waals surface area contributed by atoms with Gasteiger partial charge in [-0.1, -0.05) is 76.1 Å². The predicted molar refractivity (Wildman–Crippen MR) is 96.6 cm³/mol. The third kappa shape index (κ3) is 6.80. The molecule has 0 spiro atoms.